The molecule has 2 heterocycles. The zero-order chi connectivity index (χ0) is 15.0. The van der Waals surface area contributed by atoms with Crippen LogP contribution in [0.15, 0.2) is 24.3 Å². The topological polar surface area (TPSA) is 75.7 Å². The number of sulfone groups is 1. The van der Waals surface area contributed by atoms with Crippen molar-refractivity contribution in [1.29, 1.82) is 0 Å². The summed E-state index contributed by atoms with van der Waals surface area (Å²) in [4.78, 5) is 13.8. The van der Waals surface area contributed by atoms with E-state index in [4.69, 9.17) is 4.74 Å². The summed E-state index contributed by atoms with van der Waals surface area (Å²) in [5, 5.41) is 2.47. The number of nitrogens with zero attached hydrogens (tertiary/aromatic N) is 1. The quantitative estimate of drug-likeness (QED) is 0.882. The monoisotopic (exact) mass is 310 g/mol. The van der Waals surface area contributed by atoms with Gasteiger partial charge in [0.2, 0.25) is 0 Å². The van der Waals surface area contributed by atoms with Crippen molar-refractivity contribution in [1.82, 2.24) is 10.2 Å². The molecule has 0 saturated carbocycles. The first-order valence-electron chi connectivity index (χ1n) is 6.91. The molecule has 1 aromatic rings. The summed E-state index contributed by atoms with van der Waals surface area (Å²) in [6.07, 6.45) is 1.73. The third kappa shape index (κ3) is 2.83. The van der Waals surface area contributed by atoms with Gasteiger partial charge in [-0.3, -0.25) is 0 Å². The van der Waals surface area contributed by atoms with Gasteiger partial charge in [0, 0.05) is 24.9 Å². The minimum absolute atomic E-state index is 0.175. The Hall–Kier alpha value is -1.76. The Morgan fingerprint density at radius 1 is 1.38 bits per heavy atom. The highest BCUT2D eigenvalue weighted by Crippen LogP contribution is 2.31. The van der Waals surface area contributed by atoms with E-state index in [1.165, 1.54) is 6.26 Å². The van der Waals surface area contributed by atoms with Crippen molar-refractivity contribution in [3.8, 4) is 5.75 Å². The molecule has 0 spiro atoms. The fourth-order valence-electron chi connectivity index (χ4n) is 2.78. The summed E-state index contributed by atoms with van der Waals surface area (Å²) in [6.45, 7) is 1.15. The Bertz CT molecular complexity index is 659. The predicted molar refractivity (Wildman–Crippen MR) is 78.0 cm³/mol. The minimum atomic E-state index is -3.09. The molecule has 1 saturated heterocycles. The molecule has 2 aliphatic heterocycles. The molecule has 2 aliphatic rings. The molecule has 114 valence electrons. The van der Waals surface area contributed by atoms with Gasteiger partial charge in [0.05, 0.1) is 11.3 Å². The summed E-state index contributed by atoms with van der Waals surface area (Å²) in [6, 6.07) is 7.19. The van der Waals surface area contributed by atoms with E-state index in [1.54, 1.807) is 4.90 Å². The van der Waals surface area contributed by atoms with E-state index in [9.17, 15) is 13.2 Å². The van der Waals surface area contributed by atoms with Crippen molar-refractivity contribution >= 4 is 15.9 Å². The minimum Gasteiger partial charge on any atom is -0.491 e. The molecule has 6 nitrogen and oxygen atoms in total. The van der Waals surface area contributed by atoms with Crippen LogP contribution in [0, 0.1) is 0 Å². The van der Waals surface area contributed by atoms with Crippen LogP contribution in [0.1, 0.15) is 18.0 Å². The number of nitrogens with one attached hydrogen (secondary N) is 1. The molecule has 0 aromatic heterocycles. The average molecular weight is 310 g/mol. The smallest absolute Gasteiger partial charge is 0.318 e. The van der Waals surface area contributed by atoms with E-state index in [1.807, 2.05) is 24.3 Å². The van der Waals surface area contributed by atoms with Crippen molar-refractivity contribution in [3.63, 3.8) is 0 Å². The third-order valence-corrected chi connectivity index (χ3v) is 5.63. The second-order valence-corrected chi connectivity index (χ2v) is 7.86. The predicted octanol–water partition coefficient (Wildman–Crippen LogP) is 0.949. The number of likely N-dealkylation sites (tertiary alicyclic amines) is 1. The van der Waals surface area contributed by atoms with Gasteiger partial charge in [-0.05, 0) is 12.5 Å². The van der Waals surface area contributed by atoms with Crippen LogP contribution < -0.4 is 10.1 Å². The number of amides is 2. The highest BCUT2D eigenvalue weighted by molar-refractivity contribution is 7.91. The van der Waals surface area contributed by atoms with Crippen LogP contribution >= 0.6 is 0 Å². The molecule has 1 N–H and O–H groups in total. The Morgan fingerprint density at radius 3 is 2.86 bits per heavy atom. The highest BCUT2D eigenvalue weighted by atomic mass is 32.2. The second-order valence-electron chi connectivity index (χ2n) is 5.54. The number of rotatable bonds is 2. The Kier molecular flexibility index (Phi) is 3.52. The first-order valence-corrected chi connectivity index (χ1v) is 8.86. The summed E-state index contributed by atoms with van der Waals surface area (Å²) in [5.41, 5.74) is 0.963. The molecule has 21 heavy (non-hydrogen) atoms. The fourth-order valence-corrected chi connectivity index (χ4v) is 3.77. The fraction of sp³-hybridized carbons (Fsp3) is 0.500. The molecule has 1 aromatic carbocycles. The molecule has 0 aliphatic carbocycles. The summed E-state index contributed by atoms with van der Waals surface area (Å²) in [7, 11) is -3.09. The Morgan fingerprint density at radius 2 is 2.14 bits per heavy atom. The number of benzene rings is 1. The van der Waals surface area contributed by atoms with Crippen LogP contribution in [0.4, 0.5) is 4.79 Å². The number of carbonyl (C=O) groups excluding carboxylic acids is 1. The molecule has 0 unspecified atom stereocenters. The van der Waals surface area contributed by atoms with Crippen LogP contribution in [0.5, 0.6) is 5.75 Å². The van der Waals surface area contributed by atoms with E-state index in [-0.39, 0.29) is 18.6 Å². The first kappa shape index (κ1) is 14.2. The standard InChI is InChI=1S/C14H18N2O4S/c1-21(18,19)10-6-7-16(8-10)14(17)15-12-9-20-13-5-3-2-4-11(12)13/h2-5,10,12H,6-9H2,1H3,(H,15,17)/t10-,12+/m0/s1. The lowest BCUT2D eigenvalue weighted by molar-refractivity contribution is 0.201. The maximum absolute atomic E-state index is 12.2. The maximum Gasteiger partial charge on any atom is 0.318 e. The maximum atomic E-state index is 12.2. The average Bonchev–Trinajstić information content (AvgIpc) is 3.05. The van der Waals surface area contributed by atoms with Gasteiger partial charge in [-0.25, -0.2) is 13.2 Å². The number of hydrogen-bond acceptors (Lipinski definition) is 4. The van der Waals surface area contributed by atoms with Crippen molar-refractivity contribution < 1.29 is 17.9 Å². The largest absolute Gasteiger partial charge is 0.491 e. The number of hydrogen-bond donors (Lipinski definition) is 1. The van der Waals surface area contributed by atoms with E-state index in [0.717, 1.165) is 11.3 Å². The lowest BCUT2D eigenvalue weighted by atomic mass is 10.1. The van der Waals surface area contributed by atoms with E-state index >= 15 is 0 Å². The molecule has 0 bridgehead atoms. The van der Waals surface area contributed by atoms with Crippen molar-refractivity contribution in [3.05, 3.63) is 29.8 Å². The van der Waals surface area contributed by atoms with E-state index in [2.05, 4.69) is 5.32 Å². The third-order valence-electron chi connectivity index (χ3n) is 4.04. The van der Waals surface area contributed by atoms with Gasteiger partial charge in [0.1, 0.15) is 12.4 Å². The summed E-state index contributed by atoms with van der Waals surface area (Å²) in [5.74, 6) is 0.790. The van der Waals surface area contributed by atoms with Crippen LogP contribution in [-0.4, -0.2) is 50.6 Å². The Balaban J connectivity index is 1.64. The molecule has 1 fully saturated rings. The summed E-state index contributed by atoms with van der Waals surface area (Å²) < 4.78 is 28.6. The number of fused-ring (bicyclic) bond motifs is 1. The van der Waals surface area contributed by atoms with Gasteiger partial charge in [0.15, 0.2) is 9.84 Å². The molecule has 2 amide bonds. The highest BCUT2D eigenvalue weighted by Gasteiger charge is 2.34. The molecular formula is C14H18N2O4S. The van der Waals surface area contributed by atoms with E-state index < -0.39 is 15.1 Å². The van der Waals surface area contributed by atoms with Crippen molar-refractivity contribution in [2.45, 2.75) is 17.7 Å². The zero-order valence-electron chi connectivity index (χ0n) is 11.8. The second kappa shape index (κ2) is 5.22. The number of urea groups is 1. The Labute approximate surface area is 124 Å². The zero-order valence-corrected chi connectivity index (χ0v) is 12.6. The summed E-state index contributed by atoms with van der Waals surface area (Å²) >= 11 is 0. The van der Waals surface area contributed by atoms with Crippen LogP contribution in [0.25, 0.3) is 0 Å². The van der Waals surface area contributed by atoms with Gasteiger partial charge in [-0.2, -0.15) is 0 Å². The lowest BCUT2D eigenvalue weighted by Crippen LogP contribution is -2.41. The van der Waals surface area contributed by atoms with E-state index in [0.29, 0.717) is 19.6 Å². The van der Waals surface area contributed by atoms with Gasteiger partial charge < -0.3 is 15.0 Å². The lowest BCUT2D eigenvalue weighted by Gasteiger charge is -2.20. The number of carbonyl (C=O) groups is 1. The van der Waals surface area contributed by atoms with Gasteiger partial charge >= 0.3 is 6.03 Å². The van der Waals surface area contributed by atoms with Crippen LogP contribution in [0.2, 0.25) is 0 Å². The van der Waals surface area contributed by atoms with Crippen molar-refractivity contribution in [2.24, 2.45) is 0 Å². The molecular weight excluding hydrogens is 292 g/mol. The SMILES string of the molecule is CS(=O)(=O)[C@H]1CCN(C(=O)N[C@@H]2COc3ccccc32)C1. The van der Waals surface area contributed by atoms with Gasteiger partial charge in [-0.15, -0.1) is 0 Å². The van der Waals surface area contributed by atoms with Crippen molar-refractivity contribution in [2.75, 3.05) is 26.0 Å². The first-order chi connectivity index (χ1) is 9.95. The number of ether oxygens (including phenoxy) is 1. The van der Waals surface area contributed by atoms with Crippen LogP contribution in [-0.2, 0) is 9.84 Å². The molecule has 7 heteroatoms. The molecule has 0 radical (unpaired) electrons. The molecule has 2 atom stereocenters. The van der Waals surface area contributed by atoms with Gasteiger partial charge in [-0.1, -0.05) is 18.2 Å². The van der Waals surface area contributed by atoms with Crippen LogP contribution in [0.3, 0.4) is 0 Å². The molecule has 3 rings (SSSR count). The van der Waals surface area contributed by atoms with Gasteiger partial charge in [0.25, 0.3) is 0 Å². The number of para-hydroxylation sites is 1. The normalized spacial score (nSPS) is 24.5.